The Labute approximate surface area is 132 Å². The van der Waals surface area contributed by atoms with Gasteiger partial charge in [-0.15, -0.1) is 12.4 Å². The van der Waals surface area contributed by atoms with Crippen LogP contribution < -0.4 is 5.32 Å². The van der Waals surface area contributed by atoms with Gasteiger partial charge in [0, 0.05) is 12.6 Å². The van der Waals surface area contributed by atoms with Crippen LogP contribution in [-0.2, 0) is 9.59 Å². The van der Waals surface area contributed by atoms with Crippen LogP contribution in [0.1, 0.15) is 46.0 Å². The summed E-state index contributed by atoms with van der Waals surface area (Å²) in [6.07, 6.45) is 5.15. The van der Waals surface area contributed by atoms with Crippen LogP contribution in [0, 0.1) is 11.8 Å². The summed E-state index contributed by atoms with van der Waals surface area (Å²) in [5.41, 5.74) is 0. The van der Waals surface area contributed by atoms with Crippen molar-refractivity contribution in [3.05, 3.63) is 0 Å². The smallest absolute Gasteiger partial charge is 0.307 e. The highest BCUT2D eigenvalue weighted by Gasteiger charge is 2.33. The molecule has 1 saturated carbocycles. The number of carbonyl (C=O) groups excluding carboxylic acids is 1. The summed E-state index contributed by atoms with van der Waals surface area (Å²) in [6, 6.07) is 0.0812. The molecule has 2 rings (SSSR count). The van der Waals surface area contributed by atoms with Crippen molar-refractivity contribution in [3.63, 3.8) is 0 Å². The maximum absolute atomic E-state index is 12.3. The van der Waals surface area contributed by atoms with Gasteiger partial charge in [-0.1, -0.05) is 6.92 Å². The number of nitrogens with one attached hydrogen (secondary N) is 1. The van der Waals surface area contributed by atoms with Crippen LogP contribution >= 0.6 is 12.4 Å². The lowest BCUT2D eigenvalue weighted by Gasteiger charge is -2.30. The van der Waals surface area contributed by atoms with Crippen molar-refractivity contribution in [2.75, 3.05) is 13.1 Å². The molecule has 0 aromatic carbocycles. The van der Waals surface area contributed by atoms with Crippen LogP contribution in [-0.4, -0.2) is 47.1 Å². The number of nitrogens with zero attached hydrogens (tertiary/aromatic N) is 1. The molecular formula is C15H27ClN2O3. The van der Waals surface area contributed by atoms with Crippen molar-refractivity contribution in [1.82, 2.24) is 10.2 Å². The van der Waals surface area contributed by atoms with Crippen LogP contribution in [0.4, 0.5) is 0 Å². The van der Waals surface area contributed by atoms with Gasteiger partial charge in [-0.05, 0) is 51.5 Å². The second-order valence-corrected chi connectivity index (χ2v) is 6.46. The standard InChI is InChI=1S/C15H26N2O3.ClH/c1-10-3-5-13(6-4-10)16-14(18)11(2)17-8-7-12(9-17)15(19)20;/h10-13H,3-9H2,1-2H3,(H,16,18)(H,19,20);1H. The molecule has 2 unspecified atom stereocenters. The first-order valence-electron chi connectivity index (χ1n) is 7.74. The Bertz CT molecular complexity index is 370. The normalized spacial score (nSPS) is 31.2. The third-order valence-electron chi connectivity index (χ3n) is 4.86. The van der Waals surface area contributed by atoms with Crippen LogP contribution in [0.3, 0.4) is 0 Å². The van der Waals surface area contributed by atoms with E-state index in [-0.39, 0.29) is 30.3 Å². The van der Waals surface area contributed by atoms with Gasteiger partial charge in [0.25, 0.3) is 0 Å². The van der Waals surface area contributed by atoms with E-state index in [0.29, 0.717) is 25.6 Å². The molecule has 6 heteroatoms. The topological polar surface area (TPSA) is 69.6 Å². The molecule has 1 aliphatic heterocycles. The van der Waals surface area contributed by atoms with Crippen LogP contribution in [0.5, 0.6) is 0 Å². The quantitative estimate of drug-likeness (QED) is 0.830. The summed E-state index contributed by atoms with van der Waals surface area (Å²) < 4.78 is 0. The van der Waals surface area contributed by atoms with E-state index in [9.17, 15) is 9.59 Å². The van der Waals surface area contributed by atoms with Gasteiger partial charge in [0.1, 0.15) is 0 Å². The third-order valence-corrected chi connectivity index (χ3v) is 4.86. The first-order valence-corrected chi connectivity index (χ1v) is 7.74. The third kappa shape index (κ3) is 4.85. The zero-order valence-electron chi connectivity index (χ0n) is 12.9. The predicted octanol–water partition coefficient (Wildman–Crippen LogP) is 1.90. The van der Waals surface area contributed by atoms with Crippen molar-refractivity contribution in [2.24, 2.45) is 11.8 Å². The lowest BCUT2D eigenvalue weighted by atomic mass is 9.87. The number of carbonyl (C=O) groups is 2. The fraction of sp³-hybridized carbons (Fsp3) is 0.867. The number of hydrogen-bond donors (Lipinski definition) is 2. The highest BCUT2D eigenvalue weighted by Crippen LogP contribution is 2.24. The zero-order chi connectivity index (χ0) is 14.7. The highest BCUT2D eigenvalue weighted by atomic mass is 35.5. The summed E-state index contributed by atoms with van der Waals surface area (Å²) in [5.74, 6) is -0.242. The molecule has 122 valence electrons. The van der Waals surface area contributed by atoms with Gasteiger partial charge in [0.05, 0.1) is 12.0 Å². The monoisotopic (exact) mass is 318 g/mol. The van der Waals surface area contributed by atoms with E-state index in [1.807, 2.05) is 11.8 Å². The van der Waals surface area contributed by atoms with Gasteiger partial charge < -0.3 is 10.4 Å². The van der Waals surface area contributed by atoms with Gasteiger partial charge in [0.2, 0.25) is 5.91 Å². The van der Waals surface area contributed by atoms with Crippen LogP contribution in [0.25, 0.3) is 0 Å². The zero-order valence-corrected chi connectivity index (χ0v) is 13.7. The number of carboxylic acids is 1. The largest absolute Gasteiger partial charge is 0.481 e. The van der Waals surface area contributed by atoms with Crippen LogP contribution in [0.2, 0.25) is 0 Å². The summed E-state index contributed by atoms with van der Waals surface area (Å²) in [6.45, 7) is 5.33. The molecule has 1 amide bonds. The minimum Gasteiger partial charge on any atom is -0.481 e. The Balaban J connectivity index is 0.00000220. The molecule has 1 saturated heterocycles. The van der Waals surface area contributed by atoms with Crippen molar-refractivity contribution in [2.45, 2.75) is 58.0 Å². The molecular weight excluding hydrogens is 292 g/mol. The molecule has 0 radical (unpaired) electrons. The first-order chi connectivity index (χ1) is 9.47. The molecule has 0 spiro atoms. The summed E-state index contributed by atoms with van der Waals surface area (Å²) in [7, 11) is 0. The minimum absolute atomic E-state index is 0. The molecule has 0 aromatic heterocycles. The second kappa shape index (κ2) is 7.99. The van der Waals surface area contributed by atoms with E-state index in [1.165, 1.54) is 12.8 Å². The Morgan fingerprint density at radius 3 is 2.33 bits per heavy atom. The summed E-state index contributed by atoms with van der Waals surface area (Å²) in [4.78, 5) is 25.2. The van der Waals surface area contributed by atoms with E-state index in [2.05, 4.69) is 12.2 Å². The number of aliphatic carboxylic acids is 1. The average Bonchev–Trinajstić information content (AvgIpc) is 2.90. The van der Waals surface area contributed by atoms with E-state index >= 15 is 0 Å². The molecule has 0 aromatic rings. The molecule has 2 atom stereocenters. The molecule has 5 nitrogen and oxygen atoms in total. The number of likely N-dealkylation sites (tertiary alicyclic amines) is 1. The first kappa shape index (κ1) is 18.2. The molecule has 2 fully saturated rings. The lowest BCUT2D eigenvalue weighted by molar-refractivity contribution is -0.141. The fourth-order valence-corrected chi connectivity index (χ4v) is 3.23. The van der Waals surface area contributed by atoms with Crippen molar-refractivity contribution < 1.29 is 14.7 Å². The van der Waals surface area contributed by atoms with Crippen molar-refractivity contribution in [3.8, 4) is 0 Å². The van der Waals surface area contributed by atoms with Crippen molar-refractivity contribution >= 4 is 24.3 Å². The van der Waals surface area contributed by atoms with Gasteiger partial charge in [-0.25, -0.2) is 0 Å². The maximum atomic E-state index is 12.3. The molecule has 2 N–H and O–H groups in total. The van der Waals surface area contributed by atoms with E-state index in [4.69, 9.17) is 5.11 Å². The Morgan fingerprint density at radius 1 is 1.19 bits per heavy atom. The van der Waals surface area contributed by atoms with E-state index in [1.54, 1.807) is 0 Å². The number of carboxylic acid groups (broad SMARTS) is 1. The van der Waals surface area contributed by atoms with E-state index < -0.39 is 5.97 Å². The summed E-state index contributed by atoms with van der Waals surface area (Å²) in [5, 5.41) is 12.1. The Morgan fingerprint density at radius 2 is 1.81 bits per heavy atom. The molecule has 1 aliphatic carbocycles. The summed E-state index contributed by atoms with van der Waals surface area (Å²) >= 11 is 0. The molecule has 21 heavy (non-hydrogen) atoms. The average molecular weight is 319 g/mol. The predicted molar refractivity (Wildman–Crippen MR) is 83.6 cm³/mol. The lowest BCUT2D eigenvalue weighted by Crippen LogP contribution is -2.48. The number of halogens is 1. The highest BCUT2D eigenvalue weighted by molar-refractivity contribution is 5.85. The minimum atomic E-state index is -0.749. The Kier molecular flexibility index (Phi) is 6.94. The molecule has 0 bridgehead atoms. The van der Waals surface area contributed by atoms with Crippen LogP contribution in [0.15, 0.2) is 0 Å². The number of amides is 1. The SMILES string of the molecule is CC1CCC(NC(=O)C(C)N2CCC(C(=O)O)C2)CC1.Cl. The van der Waals surface area contributed by atoms with Gasteiger partial charge in [-0.2, -0.15) is 0 Å². The van der Waals surface area contributed by atoms with Gasteiger partial charge in [-0.3, -0.25) is 14.5 Å². The number of rotatable bonds is 4. The van der Waals surface area contributed by atoms with Gasteiger partial charge in [0.15, 0.2) is 0 Å². The molecule has 2 aliphatic rings. The second-order valence-electron chi connectivity index (χ2n) is 6.46. The number of hydrogen-bond acceptors (Lipinski definition) is 3. The Hall–Kier alpha value is -0.810. The maximum Gasteiger partial charge on any atom is 0.307 e. The van der Waals surface area contributed by atoms with E-state index in [0.717, 1.165) is 18.8 Å². The van der Waals surface area contributed by atoms with Crippen molar-refractivity contribution in [1.29, 1.82) is 0 Å². The molecule has 1 heterocycles. The van der Waals surface area contributed by atoms with Gasteiger partial charge >= 0.3 is 5.97 Å². The fourth-order valence-electron chi connectivity index (χ4n) is 3.23.